The summed E-state index contributed by atoms with van der Waals surface area (Å²) in [6.07, 6.45) is 0. The third-order valence-corrected chi connectivity index (χ3v) is 4.20. The number of carbonyl (C=O) groups is 1. The van der Waals surface area contributed by atoms with Gasteiger partial charge in [-0.15, -0.1) is 24.0 Å². The molecule has 0 aliphatic carbocycles. The fourth-order valence-electron chi connectivity index (χ4n) is 2.59. The molecular weight excluding hydrogens is 467 g/mol. The topological polar surface area (TPSA) is 74.8 Å². The van der Waals surface area contributed by atoms with Crippen molar-refractivity contribution in [2.24, 2.45) is 4.99 Å². The predicted octanol–water partition coefficient (Wildman–Crippen LogP) is 3.01. The minimum Gasteiger partial charge on any atom is -0.497 e. The van der Waals surface area contributed by atoms with E-state index in [1.165, 1.54) is 5.56 Å². The number of rotatable bonds is 8. The van der Waals surface area contributed by atoms with Crippen molar-refractivity contribution < 1.29 is 9.53 Å². The van der Waals surface area contributed by atoms with E-state index in [4.69, 9.17) is 4.74 Å². The Balaban J connectivity index is 0.00000392. The quantitative estimate of drug-likeness (QED) is 0.228. The first-order chi connectivity index (χ1) is 13.1. The molecule has 0 aliphatic heterocycles. The number of aliphatic imine (C=N–C) groups is 1. The molecule has 152 valence electrons. The summed E-state index contributed by atoms with van der Waals surface area (Å²) in [4.78, 5) is 16.4. The first-order valence-corrected chi connectivity index (χ1v) is 9.05. The van der Waals surface area contributed by atoms with Crippen LogP contribution in [0.4, 0.5) is 0 Å². The lowest BCUT2D eigenvalue weighted by atomic mass is 10.0. The molecule has 6 nitrogen and oxygen atoms in total. The van der Waals surface area contributed by atoms with Crippen molar-refractivity contribution in [1.29, 1.82) is 0 Å². The predicted molar refractivity (Wildman–Crippen MR) is 125 cm³/mol. The van der Waals surface area contributed by atoms with Crippen LogP contribution >= 0.6 is 24.0 Å². The molecule has 2 rings (SSSR count). The van der Waals surface area contributed by atoms with E-state index in [0.717, 1.165) is 6.54 Å². The van der Waals surface area contributed by atoms with E-state index in [2.05, 4.69) is 40.0 Å². The molecule has 0 radical (unpaired) electrons. The van der Waals surface area contributed by atoms with Gasteiger partial charge in [-0.2, -0.15) is 0 Å². The second-order valence-corrected chi connectivity index (χ2v) is 6.18. The maximum Gasteiger partial charge on any atom is 0.251 e. The molecule has 28 heavy (non-hydrogen) atoms. The smallest absolute Gasteiger partial charge is 0.251 e. The van der Waals surface area contributed by atoms with Crippen LogP contribution in [0.5, 0.6) is 5.75 Å². The lowest BCUT2D eigenvalue weighted by Crippen LogP contribution is -2.42. The van der Waals surface area contributed by atoms with Crippen LogP contribution in [0.15, 0.2) is 59.6 Å². The molecule has 3 N–H and O–H groups in total. The van der Waals surface area contributed by atoms with Gasteiger partial charge in [-0.1, -0.05) is 43.3 Å². The van der Waals surface area contributed by atoms with Crippen molar-refractivity contribution in [3.8, 4) is 5.75 Å². The summed E-state index contributed by atoms with van der Waals surface area (Å²) in [5.41, 5.74) is 1.86. The van der Waals surface area contributed by atoms with E-state index in [1.807, 2.05) is 24.3 Å². The Bertz CT molecular complexity index is 753. The van der Waals surface area contributed by atoms with Crippen LogP contribution in [0.2, 0.25) is 0 Å². The average Bonchev–Trinajstić information content (AvgIpc) is 2.73. The maximum absolute atomic E-state index is 12.2. The highest BCUT2D eigenvalue weighted by atomic mass is 127. The maximum atomic E-state index is 12.2. The van der Waals surface area contributed by atoms with Gasteiger partial charge in [0.25, 0.3) is 5.91 Å². The van der Waals surface area contributed by atoms with Crippen molar-refractivity contribution in [3.05, 3.63) is 65.7 Å². The lowest BCUT2D eigenvalue weighted by Gasteiger charge is -2.16. The highest BCUT2D eigenvalue weighted by Crippen LogP contribution is 2.13. The number of nitrogens with one attached hydrogen (secondary N) is 3. The monoisotopic (exact) mass is 496 g/mol. The van der Waals surface area contributed by atoms with Crippen LogP contribution in [-0.4, -0.2) is 45.7 Å². The minimum atomic E-state index is -0.128. The van der Waals surface area contributed by atoms with E-state index in [-0.39, 0.29) is 29.9 Å². The molecule has 2 aromatic carbocycles. The second kappa shape index (κ2) is 13.0. The van der Waals surface area contributed by atoms with Gasteiger partial charge in [0.15, 0.2) is 5.96 Å². The first kappa shape index (κ1) is 23.7. The number of carbonyl (C=O) groups excluding carboxylic acids is 1. The highest BCUT2D eigenvalue weighted by Gasteiger charge is 2.07. The number of benzene rings is 2. The Morgan fingerprint density at radius 2 is 1.75 bits per heavy atom. The number of halogens is 1. The van der Waals surface area contributed by atoms with Gasteiger partial charge in [0, 0.05) is 32.2 Å². The number of ether oxygens (including phenoxy) is 1. The largest absolute Gasteiger partial charge is 0.497 e. The van der Waals surface area contributed by atoms with Crippen LogP contribution in [-0.2, 0) is 0 Å². The SMILES string of the molecule is CN=C(NCCNC(=O)c1cccc(OC)c1)NCC(C)c1ccccc1.I. The molecule has 0 aliphatic rings. The number of hydrogen-bond donors (Lipinski definition) is 3. The van der Waals surface area contributed by atoms with Gasteiger partial charge in [0.05, 0.1) is 7.11 Å². The van der Waals surface area contributed by atoms with Crippen molar-refractivity contribution in [2.45, 2.75) is 12.8 Å². The molecular formula is C21H29IN4O2. The van der Waals surface area contributed by atoms with Gasteiger partial charge in [0.1, 0.15) is 5.75 Å². The summed E-state index contributed by atoms with van der Waals surface area (Å²) in [7, 11) is 3.32. The number of hydrogen-bond acceptors (Lipinski definition) is 3. The summed E-state index contributed by atoms with van der Waals surface area (Å²) in [5.74, 6) is 1.63. The number of nitrogens with zero attached hydrogens (tertiary/aromatic N) is 1. The normalized spacial score (nSPS) is 11.8. The Hall–Kier alpha value is -2.29. The van der Waals surface area contributed by atoms with Crippen LogP contribution < -0.4 is 20.7 Å². The van der Waals surface area contributed by atoms with Crippen LogP contribution in [0.1, 0.15) is 28.8 Å². The lowest BCUT2D eigenvalue weighted by molar-refractivity contribution is 0.0954. The average molecular weight is 496 g/mol. The Morgan fingerprint density at radius 3 is 2.43 bits per heavy atom. The van der Waals surface area contributed by atoms with Crippen molar-refractivity contribution in [3.63, 3.8) is 0 Å². The zero-order valence-corrected chi connectivity index (χ0v) is 18.9. The molecule has 0 saturated heterocycles. The molecule has 0 saturated carbocycles. The van der Waals surface area contributed by atoms with Gasteiger partial charge in [0.2, 0.25) is 0 Å². The first-order valence-electron chi connectivity index (χ1n) is 9.05. The zero-order chi connectivity index (χ0) is 19.5. The van der Waals surface area contributed by atoms with Gasteiger partial charge in [-0.05, 0) is 29.7 Å². The van der Waals surface area contributed by atoms with E-state index >= 15 is 0 Å². The highest BCUT2D eigenvalue weighted by molar-refractivity contribution is 14.0. The standard InChI is InChI=1S/C21H28N4O2.HI/c1-16(17-8-5-4-6-9-17)15-25-21(22-2)24-13-12-23-20(26)18-10-7-11-19(14-18)27-3;/h4-11,14,16H,12-13,15H2,1-3H3,(H,23,26)(H2,22,24,25);1H. The molecule has 7 heteroatoms. The minimum absolute atomic E-state index is 0. The molecule has 0 spiro atoms. The van der Waals surface area contributed by atoms with Crippen LogP contribution in [0.3, 0.4) is 0 Å². The molecule has 1 unspecified atom stereocenters. The van der Waals surface area contributed by atoms with Crippen LogP contribution in [0, 0.1) is 0 Å². The third-order valence-electron chi connectivity index (χ3n) is 4.20. The van der Waals surface area contributed by atoms with E-state index in [9.17, 15) is 4.79 Å². The van der Waals surface area contributed by atoms with E-state index < -0.39 is 0 Å². The molecule has 0 bridgehead atoms. The second-order valence-electron chi connectivity index (χ2n) is 6.18. The molecule has 2 aromatic rings. The number of amides is 1. The summed E-state index contributed by atoms with van der Waals surface area (Å²) >= 11 is 0. The Morgan fingerprint density at radius 1 is 1.04 bits per heavy atom. The van der Waals surface area contributed by atoms with Gasteiger partial charge in [-0.25, -0.2) is 0 Å². The summed E-state index contributed by atoms with van der Waals surface area (Å²) in [5, 5.41) is 9.40. The van der Waals surface area contributed by atoms with Crippen molar-refractivity contribution >= 4 is 35.8 Å². The third kappa shape index (κ3) is 7.75. The Labute approximate surface area is 184 Å². The molecule has 1 atom stereocenters. The fraction of sp³-hybridized carbons (Fsp3) is 0.333. The van der Waals surface area contributed by atoms with E-state index in [1.54, 1.807) is 32.4 Å². The van der Waals surface area contributed by atoms with E-state index in [0.29, 0.717) is 36.3 Å². The molecule has 0 heterocycles. The summed E-state index contributed by atoms with van der Waals surface area (Å²) in [6.45, 7) is 4.02. The van der Waals surface area contributed by atoms with Crippen molar-refractivity contribution in [1.82, 2.24) is 16.0 Å². The zero-order valence-electron chi connectivity index (χ0n) is 16.6. The molecule has 1 amide bonds. The number of methoxy groups -OCH3 is 1. The van der Waals surface area contributed by atoms with Crippen LogP contribution in [0.25, 0.3) is 0 Å². The Kier molecular flexibility index (Phi) is 11.0. The summed E-state index contributed by atoms with van der Waals surface area (Å²) in [6, 6.07) is 17.4. The number of guanidine groups is 1. The summed E-state index contributed by atoms with van der Waals surface area (Å²) < 4.78 is 5.14. The van der Waals surface area contributed by atoms with Gasteiger partial charge in [-0.3, -0.25) is 9.79 Å². The molecule has 0 fully saturated rings. The molecule has 0 aromatic heterocycles. The van der Waals surface area contributed by atoms with Crippen molar-refractivity contribution in [2.75, 3.05) is 33.8 Å². The fourth-order valence-corrected chi connectivity index (χ4v) is 2.59. The van der Waals surface area contributed by atoms with Gasteiger partial charge < -0.3 is 20.7 Å². The van der Waals surface area contributed by atoms with Gasteiger partial charge >= 0.3 is 0 Å².